The van der Waals surface area contributed by atoms with E-state index in [4.69, 9.17) is 0 Å². The van der Waals surface area contributed by atoms with Crippen molar-refractivity contribution in [2.75, 3.05) is 26.7 Å². The third-order valence-electron chi connectivity index (χ3n) is 2.80. The number of methoxy groups -OCH3 is 1. The van der Waals surface area contributed by atoms with E-state index in [-0.39, 0.29) is 12.5 Å². The number of ether oxygens (including phenoxy) is 1. The van der Waals surface area contributed by atoms with E-state index in [0.717, 1.165) is 13.0 Å². The summed E-state index contributed by atoms with van der Waals surface area (Å²) in [6.07, 6.45) is -0.303. The number of imide groups is 1. The Morgan fingerprint density at radius 3 is 2.81 bits per heavy atom. The molecule has 1 rings (SSSR count). The summed E-state index contributed by atoms with van der Waals surface area (Å²) < 4.78 is 4.31. The van der Waals surface area contributed by atoms with E-state index < -0.39 is 18.1 Å². The summed E-state index contributed by atoms with van der Waals surface area (Å²) >= 11 is 0. The highest BCUT2D eigenvalue weighted by Gasteiger charge is 2.25. The number of nitrogens with one attached hydrogen (secondary N) is 1. The van der Waals surface area contributed by atoms with Crippen molar-refractivity contribution in [3.05, 3.63) is 0 Å². The van der Waals surface area contributed by atoms with E-state index in [2.05, 4.69) is 10.1 Å². The minimum absolute atomic E-state index is 0.110. The lowest BCUT2D eigenvalue weighted by Crippen LogP contribution is -2.47. The molecule has 1 aliphatic rings. The molecule has 1 heterocycles. The molecule has 2 unspecified atom stereocenters. The van der Waals surface area contributed by atoms with Crippen molar-refractivity contribution < 1.29 is 19.4 Å². The molecular formula is C10H18N2O4. The molecular weight excluding hydrogens is 212 g/mol. The van der Waals surface area contributed by atoms with Crippen LogP contribution in [0.3, 0.4) is 0 Å². The van der Waals surface area contributed by atoms with Gasteiger partial charge < -0.3 is 9.84 Å². The molecule has 0 aromatic rings. The fourth-order valence-corrected chi connectivity index (χ4v) is 1.67. The minimum atomic E-state index is -0.754. The third-order valence-corrected chi connectivity index (χ3v) is 2.80. The predicted molar refractivity (Wildman–Crippen MR) is 56.8 cm³/mol. The Kier molecular flexibility index (Phi) is 4.70. The number of likely N-dealkylation sites (tertiary alicyclic amines) is 1. The quantitative estimate of drug-likeness (QED) is 0.673. The van der Waals surface area contributed by atoms with Crippen molar-refractivity contribution in [3.63, 3.8) is 0 Å². The summed E-state index contributed by atoms with van der Waals surface area (Å²) in [5, 5.41) is 11.7. The SMILES string of the molecule is COC(=O)NC(=O)CN1CCC(C)C(O)C1. The zero-order chi connectivity index (χ0) is 12.1. The van der Waals surface area contributed by atoms with Crippen molar-refractivity contribution >= 4 is 12.0 Å². The van der Waals surface area contributed by atoms with Crippen LogP contribution in [0.4, 0.5) is 4.79 Å². The molecule has 2 atom stereocenters. The van der Waals surface area contributed by atoms with E-state index in [1.54, 1.807) is 0 Å². The Morgan fingerprint density at radius 2 is 2.25 bits per heavy atom. The van der Waals surface area contributed by atoms with Gasteiger partial charge >= 0.3 is 6.09 Å². The third kappa shape index (κ3) is 3.79. The van der Waals surface area contributed by atoms with E-state index in [0.29, 0.717) is 6.54 Å². The number of carbonyl (C=O) groups is 2. The Labute approximate surface area is 94.6 Å². The number of hydrogen-bond acceptors (Lipinski definition) is 5. The number of alkyl carbamates (subject to hydrolysis) is 1. The van der Waals surface area contributed by atoms with Crippen LogP contribution in [0.5, 0.6) is 0 Å². The van der Waals surface area contributed by atoms with E-state index in [1.165, 1.54) is 7.11 Å². The fraction of sp³-hybridized carbons (Fsp3) is 0.800. The largest absolute Gasteiger partial charge is 0.453 e. The number of aliphatic hydroxyl groups excluding tert-OH is 1. The summed E-state index contributed by atoms with van der Waals surface area (Å²) in [4.78, 5) is 23.9. The molecule has 0 radical (unpaired) electrons. The van der Waals surface area contributed by atoms with Crippen molar-refractivity contribution in [2.24, 2.45) is 5.92 Å². The number of β-amino-alcohol motifs (C(OH)–C–C–N with tert-alkyl or cyclic N) is 1. The monoisotopic (exact) mass is 230 g/mol. The van der Waals surface area contributed by atoms with Crippen LogP contribution in [-0.4, -0.2) is 54.9 Å². The molecule has 1 saturated heterocycles. The molecule has 0 aromatic carbocycles. The van der Waals surface area contributed by atoms with Crippen LogP contribution in [0, 0.1) is 5.92 Å². The molecule has 2 amide bonds. The number of carbonyl (C=O) groups excluding carboxylic acids is 2. The summed E-state index contributed by atoms with van der Waals surface area (Å²) in [7, 11) is 1.20. The Balaban J connectivity index is 2.32. The van der Waals surface area contributed by atoms with Crippen LogP contribution < -0.4 is 5.32 Å². The molecule has 0 saturated carbocycles. The van der Waals surface area contributed by atoms with Crippen molar-refractivity contribution in [1.82, 2.24) is 10.2 Å². The van der Waals surface area contributed by atoms with Gasteiger partial charge in [0.15, 0.2) is 0 Å². The first-order valence-corrected chi connectivity index (χ1v) is 5.31. The van der Waals surface area contributed by atoms with E-state index in [9.17, 15) is 14.7 Å². The maximum absolute atomic E-state index is 11.3. The molecule has 0 aromatic heterocycles. The second-order valence-electron chi connectivity index (χ2n) is 4.11. The molecule has 6 heteroatoms. The van der Waals surface area contributed by atoms with Gasteiger partial charge in [-0.25, -0.2) is 4.79 Å². The number of rotatable bonds is 2. The molecule has 0 spiro atoms. The molecule has 2 N–H and O–H groups in total. The number of nitrogens with zero attached hydrogens (tertiary/aromatic N) is 1. The Hall–Kier alpha value is -1.14. The summed E-state index contributed by atoms with van der Waals surface area (Å²) in [5.74, 6) is -0.145. The molecule has 6 nitrogen and oxygen atoms in total. The van der Waals surface area contributed by atoms with Crippen LogP contribution in [-0.2, 0) is 9.53 Å². The topological polar surface area (TPSA) is 78.9 Å². The van der Waals surface area contributed by atoms with E-state index >= 15 is 0 Å². The van der Waals surface area contributed by atoms with E-state index in [1.807, 2.05) is 11.8 Å². The molecule has 1 aliphatic heterocycles. The highest BCUT2D eigenvalue weighted by atomic mass is 16.5. The van der Waals surface area contributed by atoms with Crippen LogP contribution in [0.25, 0.3) is 0 Å². The average molecular weight is 230 g/mol. The van der Waals surface area contributed by atoms with Crippen LogP contribution in [0.15, 0.2) is 0 Å². The van der Waals surface area contributed by atoms with Crippen molar-refractivity contribution in [3.8, 4) is 0 Å². The lowest BCUT2D eigenvalue weighted by molar-refractivity contribution is -0.122. The average Bonchev–Trinajstić information content (AvgIpc) is 2.23. The lowest BCUT2D eigenvalue weighted by Gasteiger charge is -2.33. The molecule has 16 heavy (non-hydrogen) atoms. The molecule has 92 valence electrons. The van der Waals surface area contributed by atoms with Crippen molar-refractivity contribution in [1.29, 1.82) is 0 Å². The predicted octanol–water partition coefficient (Wildman–Crippen LogP) is -0.428. The van der Waals surface area contributed by atoms with Gasteiger partial charge in [-0.15, -0.1) is 0 Å². The highest BCUT2D eigenvalue weighted by Crippen LogP contribution is 2.16. The molecule has 0 aliphatic carbocycles. The summed E-state index contributed by atoms with van der Waals surface area (Å²) in [6.45, 7) is 3.32. The lowest BCUT2D eigenvalue weighted by atomic mass is 9.96. The van der Waals surface area contributed by atoms with Gasteiger partial charge in [0.05, 0.1) is 19.8 Å². The van der Waals surface area contributed by atoms with Gasteiger partial charge in [0.2, 0.25) is 5.91 Å². The molecule has 1 fully saturated rings. The summed E-state index contributed by atoms with van der Waals surface area (Å²) in [5.41, 5.74) is 0. The number of hydrogen-bond donors (Lipinski definition) is 2. The first-order chi connectivity index (χ1) is 7.52. The number of amides is 2. The number of piperidine rings is 1. The second kappa shape index (κ2) is 5.81. The first kappa shape index (κ1) is 12.9. The van der Waals surface area contributed by atoms with Gasteiger partial charge in [-0.3, -0.25) is 15.0 Å². The smallest absolute Gasteiger partial charge is 0.413 e. The zero-order valence-electron chi connectivity index (χ0n) is 9.60. The van der Waals surface area contributed by atoms with Crippen LogP contribution >= 0.6 is 0 Å². The second-order valence-corrected chi connectivity index (χ2v) is 4.11. The first-order valence-electron chi connectivity index (χ1n) is 5.31. The highest BCUT2D eigenvalue weighted by molar-refractivity contribution is 5.92. The van der Waals surface area contributed by atoms with Crippen LogP contribution in [0.2, 0.25) is 0 Å². The molecule has 0 bridgehead atoms. The summed E-state index contributed by atoms with van der Waals surface area (Å²) in [6, 6.07) is 0. The minimum Gasteiger partial charge on any atom is -0.453 e. The van der Waals surface area contributed by atoms with Gasteiger partial charge in [0, 0.05) is 6.54 Å². The normalized spacial score (nSPS) is 26.2. The fourth-order valence-electron chi connectivity index (χ4n) is 1.67. The van der Waals surface area contributed by atoms with Gasteiger partial charge in [-0.1, -0.05) is 6.92 Å². The van der Waals surface area contributed by atoms with Gasteiger partial charge in [-0.05, 0) is 18.9 Å². The Bertz CT molecular complexity index is 270. The zero-order valence-corrected chi connectivity index (χ0v) is 9.60. The van der Waals surface area contributed by atoms with Gasteiger partial charge in [0.25, 0.3) is 0 Å². The standard InChI is InChI=1S/C10H18N2O4/c1-7-3-4-12(5-8(7)13)6-9(14)11-10(15)16-2/h7-8,13H,3-6H2,1-2H3,(H,11,14,15). The maximum atomic E-state index is 11.3. The van der Waals surface area contributed by atoms with Gasteiger partial charge in [-0.2, -0.15) is 0 Å². The number of aliphatic hydroxyl groups is 1. The van der Waals surface area contributed by atoms with Crippen LogP contribution in [0.1, 0.15) is 13.3 Å². The van der Waals surface area contributed by atoms with Crippen molar-refractivity contribution in [2.45, 2.75) is 19.4 Å². The maximum Gasteiger partial charge on any atom is 0.413 e. The van der Waals surface area contributed by atoms with Gasteiger partial charge in [0.1, 0.15) is 0 Å². The Morgan fingerprint density at radius 1 is 1.56 bits per heavy atom.